The van der Waals surface area contributed by atoms with Gasteiger partial charge in [0, 0.05) is 18.1 Å². The van der Waals surface area contributed by atoms with E-state index in [1.54, 1.807) is 18.3 Å². The van der Waals surface area contributed by atoms with E-state index >= 15 is 0 Å². The molecule has 170 valence electrons. The highest BCUT2D eigenvalue weighted by atomic mass is 32.2. The SMILES string of the molecule is Cc1cc(Nc2nccc(C(F)(F)F)n2)cc(-c2cnc(C3(NS(C)(=O)=O)COC3)s2)c1. The molecule has 0 saturated carbocycles. The van der Waals surface area contributed by atoms with E-state index in [1.807, 2.05) is 13.0 Å². The summed E-state index contributed by atoms with van der Waals surface area (Å²) in [6.07, 6.45) is -0.823. The third kappa shape index (κ3) is 4.90. The number of sulfonamides is 1. The first-order valence-electron chi connectivity index (χ1n) is 9.26. The van der Waals surface area contributed by atoms with Crippen LogP contribution in [-0.4, -0.2) is 42.8 Å². The third-order valence-electron chi connectivity index (χ3n) is 4.56. The second-order valence-electron chi connectivity index (χ2n) is 7.45. The summed E-state index contributed by atoms with van der Waals surface area (Å²) in [7, 11) is -3.48. The van der Waals surface area contributed by atoms with E-state index in [-0.39, 0.29) is 19.2 Å². The summed E-state index contributed by atoms with van der Waals surface area (Å²) < 4.78 is 70.1. The van der Waals surface area contributed by atoms with Crippen LogP contribution in [0.3, 0.4) is 0 Å². The van der Waals surface area contributed by atoms with Crippen molar-refractivity contribution in [3.63, 3.8) is 0 Å². The lowest BCUT2D eigenvalue weighted by atomic mass is 10.0. The zero-order valence-corrected chi connectivity index (χ0v) is 18.5. The number of nitrogens with zero attached hydrogens (tertiary/aromatic N) is 3. The molecule has 8 nitrogen and oxygen atoms in total. The number of anilines is 2. The summed E-state index contributed by atoms with van der Waals surface area (Å²) in [4.78, 5) is 12.5. The largest absolute Gasteiger partial charge is 0.433 e. The van der Waals surface area contributed by atoms with E-state index in [4.69, 9.17) is 4.74 Å². The van der Waals surface area contributed by atoms with Gasteiger partial charge in [-0.1, -0.05) is 6.07 Å². The van der Waals surface area contributed by atoms with Gasteiger partial charge in [-0.05, 0) is 36.2 Å². The predicted molar refractivity (Wildman–Crippen MR) is 113 cm³/mol. The molecule has 1 saturated heterocycles. The van der Waals surface area contributed by atoms with Gasteiger partial charge in [0.1, 0.15) is 16.2 Å². The average molecular weight is 486 g/mol. The highest BCUT2D eigenvalue weighted by Gasteiger charge is 2.45. The molecule has 3 heterocycles. The molecule has 2 aromatic heterocycles. The van der Waals surface area contributed by atoms with E-state index < -0.39 is 27.4 Å². The van der Waals surface area contributed by atoms with Gasteiger partial charge in [0.05, 0.1) is 24.3 Å². The zero-order valence-electron chi connectivity index (χ0n) is 16.9. The molecule has 1 aliphatic rings. The lowest BCUT2D eigenvalue weighted by molar-refractivity contribution is -0.141. The monoisotopic (exact) mass is 485 g/mol. The molecule has 1 fully saturated rings. The highest BCUT2D eigenvalue weighted by Crippen LogP contribution is 2.38. The Morgan fingerprint density at radius 2 is 1.94 bits per heavy atom. The lowest BCUT2D eigenvalue weighted by Gasteiger charge is -2.39. The molecule has 0 atom stereocenters. The fourth-order valence-electron chi connectivity index (χ4n) is 3.22. The number of aromatic nitrogens is 3. The highest BCUT2D eigenvalue weighted by molar-refractivity contribution is 7.88. The first-order valence-corrected chi connectivity index (χ1v) is 12.0. The Hall–Kier alpha value is -2.61. The molecule has 0 bridgehead atoms. The first kappa shape index (κ1) is 22.6. The Kier molecular flexibility index (Phi) is 5.69. The van der Waals surface area contributed by atoms with Crippen molar-refractivity contribution in [2.75, 3.05) is 24.8 Å². The van der Waals surface area contributed by atoms with E-state index in [2.05, 4.69) is 25.0 Å². The van der Waals surface area contributed by atoms with Crippen molar-refractivity contribution >= 4 is 33.0 Å². The van der Waals surface area contributed by atoms with Crippen LogP contribution in [0, 0.1) is 6.92 Å². The summed E-state index contributed by atoms with van der Waals surface area (Å²) >= 11 is 1.31. The predicted octanol–water partition coefficient (Wildman–Crippen LogP) is 3.45. The number of ether oxygens (including phenoxy) is 1. The van der Waals surface area contributed by atoms with Crippen molar-refractivity contribution in [2.45, 2.75) is 18.6 Å². The molecule has 32 heavy (non-hydrogen) atoms. The number of nitrogens with one attached hydrogen (secondary N) is 2. The van der Waals surface area contributed by atoms with Gasteiger partial charge in [-0.2, -0.15) is 17.9 Å². The Balaban J connectivity index is 1.62. The van der Waals surface area contributed by atoms with Crippen molar-refractivity contribution < 1.29 is 26.3 Å². The first-order chi connectivity index (χ1) is 14.9. The molecular formula is C19H18F3N5O3S2. The average Bonchev–Trinajstić information content (AvgIpc) is 3.13. The number of rotatable bonds is 6. The summed E-state index contributed by atoms with van der Waals surface area (Å²) in [5.41, 5.74) is 0.181. The Labute approximate surface area is 185 Å². The lowest BCUT2D eigenvalue weighted by Crippen LogP contribution is -2.58. The summed E-state index contributed by atoms with van der Waals surface area (Å²) in [6, 6.07) is 6.18. The standard InChI is InChI=1S/C19H18F3N5O3S2/c1-11-5-12(7-13(6-11)25-17-23-4-3-15(26-17)19(20,21)22)14-8-24-16(31-14)18(9-30-10-18)27-32(2,28)29/h3-8,27H,9-10H2,1-2H3,(H,23,25,26). The van der Waals surface area contributed by atoms with Crippen LogP contribution in [0.4, 0.5) is 24.8 Å². The van der Waals surface area contributed by atoms with E-state index in [0.717, 1.165) is 34.5 Å². The number of halogens is 3. The molecule has 0 spiro atoms. The molecule has 3 aromatic rings. The van der Waals surface area contributed by atoms with Gasteiger partial charge >= 0.3 is 6.18 Å². The van der Waals surface area contributed by atoms with Gasteiger partial charge in [-0.3, -0.25) is 0 Å². The van der Waals surface area contributed by atoms with Crippen molar-refractivity contribution in [1.82, 2.24) is 19.7 Å². The topological polar surface area (TPSA) is 106 Å². The maximum atomic E-state index is 12.9. The quantitative estimate of drug-likeness (QED) is 0.551. The van der Waals surface area contributed by atoms with E-state index in [1.165, 1.54) is 11.3 Å². The second-order valence-corrected chi connectivity index (χ2v) is 10.2. The van der Waals surface area contributed by atoms with Crippen LogP contribution in [-0.2, 0) is 26.5 Å². The molecule has 13 heteroatoms. The number of hydrogen-bond acceptors (Lipinski definition) is 8. The fraction of sp³-hybridized carbons (Fsp3) is 0.316. The van der Waals surface area contributed by atoms with Gasteiger partial charge in [0.25, 0.3) is 0 Å². The maximum absolute atomic E-state index is 12.9. The molecule has 0 aliphatic carbocycles. The minimum atomic E-state index is -4.57. The van der Waals surface area contributed by atoms with Crippen LogP contribution in [0.5, 0.6) is 0 Å². The summed E-state index contributed by atoms with van der Waals surface area (Å²) in [5.74, 6) is -0.177. The third-order valence-corrected chi connectivity index (χ3v) is 6.57. The van der Waals surface area contributed by atoms with Gasteiger partial charge in [-0.25, -0.2) is 23.4 Å². The van der Waals surface area contributed by atoms with Crippen LogP contribution in [0.1, 0.15) is 16.3 Å². The number of alkyl halides is 3. The fourth-order valence-corrected chi connectivity index (χ4v) is 5.23. The van der Waals surface area contributed by atoms with E-state index in [0.29, 0.717) is 10.7 Å². The number of hydrogen-bond donors (Lipinski definition) is 2. The Morgan fingerprint density at radius 1 is 1.19 bits per heavy atom. The molecule has 0 amide bonds. The molecular weight excluding hydrogens is 467 g/mol. The van der Waals surface area contributed by atoms with Gasteiger partial charge in [-0.15, -0.1) is 11.3 Å². The molecule has 0 unspecified atom stereocenters. The minimum Gasteiger partial charge on any atom is -0.376 e. The molecule has 0 radical (unpaired) electrons. The Bertz CT molecular complexity index is 1260. The van der Waals surface area contributed by atoms with Crippen LogP contribution >= 0.6 is 11.3 Å². The Morgan fingerprint density at radius 3 is 2.56 bits per heavy atom. The zero-order chi connectivity index (χ0) is 23.1. The van der Waals surface area contributed by atoms with Crippen LogP contribution in [0.15, 0.2) is 36.7 Å². The van der Waals surface area contributed by atoms with Gasteiger partial charge < -0.3 is 10.1 Å². The second kappa shape index (κ2) is 8.06. The van der Waals surface area contributed by atoms with Gasteiger partial charge in [0.15, 0.2) is 0 Å². The summed E-state index contributed by atoms with van der Waals surface area (Å²) in [5, 5.41) is 3.38. The smallest absolute Gasteiger partial charge is 0.376 e. The molecule has 2 N–H and O–H groups in total. The van der Waals surface area contributed by atoms with Crippen molar-refractivity contribution in [2.24, 2.45) is 0 Å². The molecule has 1 aliphatic heterocycles. The number of aryl methyl sites for hydroxylation is 1. The van der Waals surface area contributed by atoms with Crippen molar-refractivity contribution in [3.8, 4) is 10.4 Å². The molecule has 1 aromatic carbocycles. The number of benzene rings is 1. The summed E-state index contributed by atoms with van der Waals surface area (Å²) in [6.45, 7) is 2.21. The van der Waals surface area contributed by atoms with Gasteiger partial charge in [0.2, 0.25) is 16.0 Å². The number of thiazole rings is 1. The maximum Gasteiger partial charge on any atom is 0.433 e. The van der Waals surface area contributed by atoms with Crippen LogP contribution in [0.25, 0.3) is 10.4 Å². The minimum absolute atomic E-state index is 0.177. The van der Waals surface area contributed by atoms with Crippen LogP contribution < -0.4 is 10.0 Å². The normalized spacial score (nSPS) is 15.9. The van der Waals surface area contributed by atoms with Crippen molar-refractivity contribution in [1.29, 1.82) is 0 Å². The molecule has 4 rings (SSSR count). The van der Waals surface area contributed by atoms with Crippen molar-refractivity contribution in [3.05, 3.63) is 52.9 Å². The van der Waals surface area contributed by atoms with E-state index in [9.17, 15) is 21.6 Å². The van der Waals surface area contributed by atoms with Crippen LogP contribution in [0.2, 0.25) is 0 Å².